The second-order valence-corrected chi connectivity index (χ2v) is 8.23. The number of nitrogens with zero attached hydrogens (tertiary/aromatic N) is 4. The lowest BCUT2D eigenvalue weighted by Crippen LogP contribution is -2.47. The van der Waals surface area contributed by atoms with Gasteiger partial charge in [-0.2, -0.15) is 0 Å². The molecule has 1 fully saturated rings. The van der Waals surface area contributed by atoms with E-state index in [1.807, 2.05) is 63.4 Å². The predicted octanol–water partition coefficient (Wildman–Crippen LogP) is 4.05. The third-order valence-corrected chi connectivity index (χ3v) is 6.07. The van der Waals surface area contributed by atoms with Crippen molar-refractivity contribution in [1.29, 1.82) is 0 Å². The second-order valence-electron chi connectivity index (χ2n) is 8.23. The number of ether oxygens (including phenoxy) is 1. The zero-order valence-corrected chi connectivity index (χ0v) is 18.7. The van der Waals surface area contributed by atoms with Gasteiger partial charge in [0.1, 0.15) is 11.6 Å². The molecule has 2 aromatic carbocycles. The van der Waals surface area contributed by atoms with E-state index >= 15 is 0 Å². The SMILES string of the molecule is COc1ccc(N2CCN(c3cc(C(=O)N(C)C(C)C)c4ccccc4n3)CC2)cc1. The smallest absolute Gasteiger partial charge is 0.254 e. The van der Waals surface area contributed by atoms with Crippen LogP contribution in [0.15, 0.2) is 54.6 Å². The summed E-state index contributed by atoms with van der Waals surface area (Å²) >= 11 is 0. The third kappa shape index (κ3) is 4.29. The van der Waals surface area contributed by atoms with E-state index in [4.69, 9.17) is 9.72 Å². The molecular weight excluding hydrogens is 388 g/mol. The fourth-order valence-corrected chi connectivity index (χ4v) is 3.91. The van der Waals surface area contributed by atoms with Gasteiger partial charge in [-0.1, -0.05) is 18.2 Å². The van der Waals surface area contributed by atoms with E-state index in [9.17, 15) is 4.79 Å². The minimum absolute atomic E-state index is 0.0340. The molecule has 0 aliphatic carbocycles. The molecule has 1 aromatic heterocycles. The molecule has 0 saturated carbocycles. The van der Waals surface area contributed by atoms with Crippen molar-refractivity contribution in [1.82, 2.24) is 9.88 Å². The maximum atomic E-state index is 13.2. The minimum Gasteiger partial charge on any atom is -0.497 e. The number of hydrogen-bond donors (Lipinski definition) is 0. The number of aromatic nitrogens is 1. The number of hydrogen-bond acceptors (Lipinski definition) is 5. The summed E-state index contributed by atoms with van der Waals surface area (Å²) in [4.78, 5) is 24.5. The summed E-state index contributed by atoms with van der Waals surface area (Å²) < 4.78 is 5.26. The zero-order chi connectivity index (χ0) is 22.0. The summed E-state index contributed by atoms with van der Waals surface area (Å²) in [6.45, 7) is 7.56. The first kappa shape index (κ1) is 21.0. The summed E-state index contributed by atoms with van der Waals surface area (Å²) in [6, 6.07) is 18.2. The molecule has 4 rings (SSSR count). The van der Waals surface area contributed by atoms with Crippen LogP contribution < -0.4 is 14.5 Å². The Kier molecular flexibility index (Phi) is 5.98. The molecule has 0 N–H and O–H groups in total. The van der Waals surface area contributed by atoms with Crippen LogP contribution in [0.3, 0.4) is 0 Å². The first-order valence-electron chi connectivity index (χ1n) is 10.8. The van der Waals surface area contributed by atoms with Crippen LogP contribution in [-0.2, 0) is 0 Å². The molecular formula is C25H30N4O2. The van der Waals surface area contributed by atoms with Gasteiger partial charge in [-0.15, -0.1) is 0 Å². The highest BCUT2D eigenvalue weighted by molar-refractivity contribution is 6.07. The number of amides is 1. The van der Waals surface area contributed by atoms with Crippen molar-refractivity contribution in [2.75, 3.05) is 50.1 Å². The molecule has 1 saturated heterocycles. The molecule has 0 atom stereocenters. The Balaban J connectivity index is 1.58. The number of methoxy groups -OCH3 is 1. The van der Waals surface area contributed by atoms with Gasteiger partial charge in [0.05, 0.1) is 18.2 Å². The molecule has 2 heterocycles. The van der Waals surface area contributed by atoms with Crippen LogP contribution in [0.2, 0.25) is 0 Å². The number of para-hydroxylation sites is 1. The van der Waals surface area contributed by atoms with E-state index < -0.39 is 0 Å². The van der Waals surface area contributed by atoms with Crippen LogP contribution in [0.25, 0.3) is 10.9 Å². The molecule has 0 bridgehead atoms. The quantitative estimate of drug-likeness (QED) is 0.626. The van der Waals surface area contributed by atoms with E-state index in [-0.39, 0.29) is 11.9 Å². The van der Waals surface area contributed by atoms with Crippen molar-refractivity contribution < 1.29 is 9.53 Å². The van der Waals surface area contributed by atoms with Crippen molar-refractivity contribution in [3.8, 4) is 5.75 Å². The Morgan fingerprint density at radius 3 is 2.29 bits per heavy atom. The van der Waals surface area contributed by atoms with Crippen molar-refractivity contribution >= 4 is 28.3 Å². The number of fused-ring (bicyclic) bond motifs is 1. The van der Waals surface area contributed by atoms with Crippen LogP contribution in [0.4, 0.5) is 11.5 Å². The molecule has 6 nitrogen and oxygen atoms in total. The summed E-state index contributed by atoms with van der Waals surface area (Å²) in [7, 11) is 3.54. The third-order valence-electron chi connectivity index (χ3n) is 6.07. The Morgan fingerprint density at radius 1 is 1.00 bits per heavy atom. The number of pyridine rings is 1. The van der Waals surface area contributed by atoms with Gasteiger partial charge >= 0.3 is 0 Å². The van der Waals surface area contributed by atoms with Gasteiger partial charge < -0.3 is 19.4 Å². The number of rotatable bonds is 5. The Morgan fingerprint density at radius 2 is 1.65 bits per heavy atom. The monoisotopic (exact) mass is 418 g/mol. The zero-order valence-electron chi connectivity index (χ0n) is 18.7. The highest BCUT2D eigenvalue weighted by atomic mass is 16.5. The number of carbonyl (C=O) groups excluding carboxylic acids is 1. The topological polar surface area (TPSA) is 48.9 Å². The lowest BCUT2D eigenvalue weighted by molar-refractivity contribution is 0.0757. The van der Waals surface area contributed by atoms with E-state index in [2.05, 4.69) is 21.9 Å². The maximum absolute atomic E-state index is 13.2. The summed E-state index contributed by atoms with van der Waals surface area (Å²) in [5, 5.41) is 0.903. The second kappa shape index (κ2) is 8.84. The molecule has 1 aliphatic heterocycles. The fraction of sp³-hybridized carbons (Fsp3) is 0.360. The lowest BCUT2D eigenvalue weighted by atomic mass is 10.1. The van der Waals surface area contributed by atoms with Crippen molar-refractivity contribution in [2.45, 2.75) is 19.9 Å². The van der Waals surface area contributed by atoms with E-state index in [0.717, 1.165) is 54.2 Å². The van der Waals surface area contributed by atoms with Gasteiger partial charge in [0, 0.05) is 50.3 Å². The number of carbonyl (C=O) groups is 1. The Bertz CT molecular complexity index is 1060. The predicted molar refractivity (Wildman–Crippen MR) is 126 cm³/mol. The van der Waals surface area contributed by atoms with Gasteiger partial charge in [-0.3, -0.25) is 4.79 Å². The molecule has 0 spiro atoms. The van der Waals surface area contributed by atoms with Crippen molar-refractivity contribution in [3.05, 3.63) is 60.2 Å². The molecule has 6 heteroatoms. The van der Waals surface area contributed by atoms with Crippen LogP contribution in [0, 0.1) is 0 Å². The van der Waals surface area contributed by atoms with Crippen LogP contribution in [0.5, 0.6) is 5.75 Å². The van der Waals surface area contributed by atoms with Crippen LogP contribution in [-0.4, -0.2) is 62.2 Å². The molecule has 3 aromatic rings. The van der Waals surface area contributed by atoms with E-state index in [0.29, 0.717) is 0 Å². The highest BCUT2D eigenvalue weighted by Crippen LogP contribution is 2.27. The lowest BCUT2D eigenvalue weighted by Gasteiger charge is -2.37. The summed E-state index contributed by atoms with van der Waals surface area (Å²) in [5.41, 5.74) is 2.77. The maximum Gasteiger partial charge on any atom is 0.254 e. The molecule has 0 unspecified atom stereocenters. The minimum atomic E-state index is 0.0340. The number of benzene rings is 2. The van der Waals surface area contributed by atoms with Gasteiger partial charge in [-0.25, -0.2) is 4.98 Å². The first-order valence-corrected chi connectivity index (χ1v) is 10.8. The van der Waals surface area contributed by atoms with Crippen LogP contribution >= 0.6 is 0 Å². The first-order chi connectivity index (χ1) is 15.0. The summed E-state index contributed by atoms with van der Waals surface area (Å²) in [6.07, 6.45) is 0. The highest BCUT2D eigenvalue weighted by Gasteiger charge is 2.23. The van der Waals surface area contributed by atoms with E-state index in [1.54, 1.807) is 12.0 Å². The average Bonchev–Trinajstić information content (AvgIpc) is 2.82. The van der Waals surface area contributed by atoms with Gasteiger partial charge in [0.15, 0.2) is 0 Å². The number of anilines is 2. The Hall–Kier alpha value is -3.28. The van der Waals surface area contributed by atoms with Gasteiger partial charge in [0.25, 0.3) is 5.91 Å². The molecule has 1 amide bonds. The average molecular weight is 419 g/mol. The van der Waals surface area contributed by atoms with E-state index in [1.165, 1.54) is 5.69 Å². The molecule has 1 aliphatic rings. The van der Waals surface area contributed by atoms with Crippen molar-refractivity contribution in [2.24, 2.45) is 0 Å². The van der Waals surface area contributed by atoms with Gasteiger partial charge in [0.2, 0.25) is 0 Å². The summed E-state index contributed by atoms with van der Waals surface area (Å²) in [5.74, 6) is 1.77. The van der Waals surface area contributed by atoms with Crippen molar-refractivity contribution in [3.63, 3.8) is 0 Å². The Labute approximate surface area is 184 Å². The fourth-order valence-electron chi connectivity index (χ4n) is 3.91. The molecule has 162 valence electrons. The largest absolute Gasteiger partial charge is 0.497 e. The molecule has 0 radical (unpaired) electrons. The standard InChI is InChI=1S/C25H30N4O2/c1-18(2)27(3)25(30)22-17-24(26-23-8-6-5-7-21(22)23)29-15-13-28(14-16-29)19-9-11-20(31-4)12-10-19/h5-12,17-18H,13-16H2,1-4H3. The van der Waals surface area contributed by atoms with Crippen LogP contribution in [0.1, 0.15) is 24.2 Å². The van der Waals surface area contributed by atoms with Gasteiger partial charge in [-0.05, 0) is 50.2 Å². The molecule has 31 heavy (non-hydrogen) atoms. The number of piperazine rings is 1. The normalized spacial score (nSPS) is 14.2.